The topological polar surface area (TPSA) is 110 Å². The third kappa shape index (κ3) is 3.30. The lowest BCUT2D eigenvalue weighted by Crippen LogP contribution is -2.36. The van der Waals surface area contributed by atoms with E-state index in [2.05, 4.69) is 9.88 Å². The van der Waals surface area contributed by atoms with Crippen LogP contribution in [0.15, 0.2) is 18.3 Å². The number of carboxylic acids is 1. The summed E-state index contributed by atoms with van der Waals surface area (Å²) in [5.74, 6) is -0.980. The summed E-state index contributed by atoms with van der Waals surface area (Å²) in [5, 5.41) is 20.1. The van der Waals surface area contributed by atoms with Gasteiger partial charge in [0.05, 0.1) is 42.1 Å². The number of hydrogen-bond acceptors (Lipinski definition) is 6. The number of nitrogens with zero attached hydrogens (tertiary/aromatic N) is 4. The lowest BCUT2D eigenvalue weighted by molar-refractivity contribution is -0.385. The summed E-state index contributed by atoms with van der Waals surface area (Å²) in [6, 6.07) is 2.90. The number of carbonyl (C=O) groups is 1. The van der Waals surface area contributed by atoms with E-state index in [1.807, 2.05) is 0 Å². The fraction of sp³-hybridized carbons (Fsp3) is 0.429. The van der Waals surface area contributed by atoms with Crippen LogP contribution in [-0.4, -0.2) is 56.6 Å². The summed E-state index contributed by atoms with van der Waals surface area (Å²) >= 11 is 0. The van der Waals surface area contributed by atoms with Crippen molar-refractivity contribution in [2.24, 2.45) is 0 Å². The summed E-state index contributed by atoms with van der Waals surface area (Å²) in [4.78, 5) is 28.0. The molecule has 0 aromatic carbocycles. The maximum Gasteiger partial charge on any atom is 0.309 e. The van der Waals surface area contributed by atoms with Crippen LogP contribution in [0.1, 0.15) is 11.4 Å². The van der Waals surface area contributed by atoms with Crippen molar-refractivity contribution in [3.05, 3.63) is 39.8 Å². The molecule has 3 rings (SSSR count). The molecule has 1 aliphatic rings. The molecule has 2 aromatic heterocycles. The van der Waals surface area contributed by atoms with Crippen molar-refractivity contribution in [2.75, 3.05) is 26.3 Å². The first-order valence-electron chi connectivity index (χ1n) is 7.21. The predicted molar refractivity (Wildman–Crippen MR) is 79.3 cm³/mol. The molecule has 9 heteroatoms. The number of imidazole rings is 1. The van der Waals surface area contributed by atoms with Gasteiger partial charge in [-0.1, -0.05) is 0 Å². The van der Waals surface area contributed by atoms with E-state index < -0.39 is 10.9 Å². The quantitative estimate of drug-likeness (QED) is 0.638. The van der Waals surface area contributed by atoms with Crippen molar-refractivity contribution in [1.29, 1.82) is 0 Å². The Balaban J connectivity index is 2.03. The number of nitro groups is 1. The van der Waals surface area contributed by atoms with E-state index >= 15 is 0 Å². The van der Waals surface area contributed by atoms with E-state index in [0.717, 1.165) is 13.1 Å². The van der Waals surface area contributed by atoms with Crippen molar-refractivity contribution in [3.8, 4) is 0 Å². The van der Waals surface area contributed by atoms with Crippen molar-refractivity contribution < 1.29 is 19.6 Å². The van der Waals surface area contributed by atoms with Gasteiger partial charge in [-0.05, 0) is 6.07 Å². The van der Waals surface area contributed by atoms with Crippen LogP contribution < -0.4 is 0 Å². The van der Waals surface area contributed by atoms with Gasteiger partial charge in [-0.15, -0.1) is 0 Å². The zero-order chi connectivity index (χ0) is 16.4. The van der Waals surface area contributed by atoms with Gasteiger partial charge in [-0.25, -0.2) is 4.98 Å². The Morgan fingerprint density at radius 2 is 2.13 bits per heavy atom. The second-order valence-corrected chi connectivity index (χ2v) is 5.34. The molecule has 122 valence electrons. The van der Waals surface area contributed by atoms with Crippen molar-refractivity contribution in [1.82, 2.24) is 14.3 Å². The van der Waals surface area contributed by atoms with E-state index in [-0.39, 0.29) is 12.1 Å². The lowest BCUT2D eigenvalue weighted by Gasteiger charge is -2.26. The first kappa shape index (κ1) is 15.4. The number of rotatable bonds is 5. The van der Waals surface area contributed by atoms with Gasteiger partial charge in [-0.2, -0.15) is 0 Å². The van der Waals surface area contributed by atoms with Crippen LogP contribution in [0.4, 0.5) is 5.69 Å². The summed E-state index contributed by atoms with van der Waals surface area (Å²) in [7, 11) is 0. The molecule has 0 aliphatic carbocycles. The molecule has 9 nitrogen and oxygen atoms in total. The lowest BCUT2D eigenvalue weighted by atomic mass is 10.2. The van der Waals surface area contributed by atoms with Crippen LogP contribution in [0, 0.1) is 10.1 Å². The minimum Gasteiger partial charge on any atom is -0.481 e. The van der Waals surface area contributed by atoms with Gasteiger partial charge < -0.3 is 9.84 Å². The molecule has 23 heavy (non-hydrogen) atoms. The predicted octanol–water partition coefficient (Wildman–Crippen LogP) is 0.702. The molecule has 0 radical (unpaired) electrons. The number of carboxylic acid groups (broad SMARTS) is 1. The average Bonchev–Trinajstić information content (AvgIpc) is 2.84. The number of aromatic nitrogens is 2. The average molecular weight is 320 g/mol. The third-order valence-electron chi connectivity index (χ3n) is 3.79. The van der Waals surface area contributed by atoms with Crippen LogP contribution in [0.5, 0.6) is 0 Å². The Morgan fingerprint density at radius 1 is 1.39 bits per heavy atom. The molecule has 0 amide bonds. The van der Waals surface area contributed by atoms with Gasteiger partial charge >= 0.3 is 5.97 Å². The molecule has 1 saturated heterocycles. The third-order valence-corrected chi connectivity index (χ3v) is 3.79. The maximum absolute atomic E-state index is 11.1. The number of aliphatic carboxylic acids is 1. The van der Waals surface area contributed by atoms with Crippen LogP contribution in [0.3, 0.4) is 0 Å². The molecule has 1 aliphatic heterocycles. The number of ether oxygens (including phenoxy) is 1. The molecule has 0 bridgehead atoms. The van der Waals surface area contributed by atoms with Gasteiger partial charge in [0, 0.05) is 25.7 Å². The Morgan fingerprint density at radius 3 is 2.78 bits per heavy atom. The number of pyridine rings is 1. The highest BCUT2D eigenvalue weighted by Crippen LogP contribution is 2.20. The van der Waals surface area contributed by atoms with Crippen LogP contribution in [-0.2, 0) is 22.5 Å². The Bertz CT molecular complexity index is 751. The molecule has 2 aromatic rings. The fourth-order valence-corrected chi connectivity index (χ4v) is 2.66. The van der Waals surface area contributed by atoms with Crippen molar-refractivity contribution >= 4 is 17.3 Å². The van der Waals surface area contributed by atoms with Crippen molar-refractivity contribution in [2.45, 2.75) is 13.0 Å². The standard InChI is InChI=1S/C14H16N4O5/c19-14(20)7-11-12(9-16-3-5-23-6-4-16)17-8-10(18(21)22)1-2-13(17)15-11/h1-2,8H,3-7,9H2,(H,19,20). The van der Waals surface area contributed by atoms with Gasteiger partial charge in [0.15, 0.2) is 0 Å². The second kappa shape index (κ2) is 6.31. The van der Waals surface area contributed by atoms with Crippen LogP contribution in [0.25, 0.3) is 5.65 Å². The number of fused-ring (bicyclic) bond motifs is 1. The van der Waals surface area contributed by atoms with Gasteiger partial charge in [-0.3, -0.25) is 24.2 Å². The Labute approximate surface area is 131 Å². The highest BCUT2D eigenvalue weighted by Gasteiger charge is 2.20. The molecule has 0 unspecified atom stereocenters. The molecular formula is C14H16N4O5. The highest BCUT2D eigenvalue weighted by atomic mass is 16.6. The Hall–Kier alpha value is -2.52. The molecular weight excluding hydrogens is 304 g/mol. The smallest absolute Gasteiger partial charge is 0.309 e. The van der Waals surface area contributed by atoms with Gasteiger partial charge in [0.25, 0.3) is 5.69 Å². The first-order chi connectivity index (χ1) is 11.0. The van der Waals surface area contributed by atoms with Crippen molar-refractivity contribution in [3.63, 3.8) is 0 Å². The normalized spacial score (nSPS) is 15.8. The minimum absolute atomic E-state index is 0.0556. The van der Waals surface area contributed by atoms with E-state index in [0.29, 0.717) is 36.8 Å². The fourth-order valence-electron chi connectivity index (χ4n) is 2.66. The van der Waals surface area contributed by atoms with E-state index in [1.165, 1.54) is 18.3 Å². The largest absolute Gasteiger partial charge is 0.481 e. The molecule has 0 atom stereocenters. The number of hydrogen-bond donors (Lipinski definition) is 1. The second-order valence-electron chi connectivity index (χ2n) is 5.34. The first-order valence-corrected chi connectivity index (χ1v) is 7.21. The molecule has 3 heterocycles. The van der Waals surface area contributed by atoms with Gasteiger partial charge in [0.1, 0.15) is 5.65 Å². The van der Waals surface area contributed by atoms with E-state index in [4.69, 9.17) is 9.84 Å². The van der Waals surface area contributed by atoms with E-state index in [9.17, 15) is 14.9 Å². The maximum atomic E-state index is 11.1. The van der Waals surface area contributed by atoms with Crippen LogP contribution in [0.2, 0.25) is 0 Å². The number of morpholine rings is 1. The Kier molecular flexibility index (Phi) is 4.22. The molecule has 0 spiro atoms. The zero-order valence-corrected chi connectivity index (χ0v) is 12.3. The van der Waals surface area contributed by atoms with E-state index in [1.54, 1.807) is 4.40 Å². The van der Waals surface area contributed by atoms with Gasteiger partial charge in [0.2, 0.25) is 0 Å². The highest BCUT2D eigenvalue weighted by molar-refractivity contribution is 5.70. The SMILES string of the molecule is O=C(O)Cc1nc2ccc([N+](=O)[O-])cn2c1CN1CCOCC1. The van der Waals surface area contributed by atoms with Crippen LogP contribution >= 0.6 is 0 Å². The summed E-state index contributed by atoms with van der Waals surface area (Å²) < 4.78 is 6.92. The summed E-state index contributed by atoms with van der Waals surface area (Å²) in [5.41, 5.74) is 1.56. The summed E-state index contributed by atoms with van der Waals surface area (Å²) in [6.45, 7) is 3.17. The monoisotopic (exact) mass is 320 g/mol. The minimum atomic E-state index is -0.980. The summed E-state index contributed by atoms with van der Waals surface area (Å²) in [6.07, 6.45) is 1.18. The zero-order valence-electron chi connectivity index (χ0n) is 12.3. The molecule has 1 N–H and O–H groups in total. The molecule has 0 saturated carbocycles. The molecule has 1 fully saturated rings.